The number of rotatable bonds is 3. The third-order valence-electron chi connectivity index (χ3n) is 3.74. The average Bonchev–Trinajstić information content (AvgIpc) is 2.54. The summed E-state index contributed by atoms with van der Waals surface area (Å²) in [6, 6.07) is 3.23. The molecule has 3 heterocycles. The molecule has 3 rings (SSSR count). The van der Waals surface area contributed by atoms with Crippen LogP contribution in [0.5, 0.6) is 0 Å². The number of halogens is 2. The second-order valence-electron chi connectivity index (χ2n) is 5.47. The predicted octanol–water partition coefficient (Wildman–Crippen LogP) is 2.15. The minimum atomic E-state index is -2.59. The van der Waals surface area contributed by atoms with Gasteiger partial charge in [-0.15, -0.1) is 0 Å². The molecule has 23 heavy (non-hydrogen) atoms. The maximum Gasteiger partial charge on any atom is 0.280 e. The molecule has 122 valence electrons. The van der Waals surface area contributed by atoms with Gasteiger partial charge in [0.1, 0.15) is 17.3 Å². The van der Waals surface area contributed by atoms with Crippen LogP contribution in [0.25, 0.3) is 0 Å². The molecule has 6 nitrogen and oxygen atoms in total. The van der Waals surface area contributed by atoms with Gasteiger partial charge in [0, 0.05) is 44.1 Å². The monoisotopic (exact) mass is 320 g/mol. The quantitative estimate of drug-likeness (QED) is 0.864. The second kappa shape index (κ2) is 6.39. The fourth-order valence-corrected chi connectivity index (χ4v) is 2.57. The Labute approximate surface area is 133 Å². The van der Waals surface area contributed by atoms with E-state index in [1.54, 1.807) is 13.1 Å². The number of hydrogen-bond acceptors (Lipinski definition) is 6. The van der Waals surface area contributed by atoms with Crippen molar-refractivity contribution < 1.29 is 8.78 Å². The zero-order chi connectivity index (χ0) is 16.4. The molecule has 0 bridgehead atoms. The van der Waals surface area contributed by atoms with E-state index in [4.69, 9.17) is 0 Å². The highest BCUT2D eigenvalue weighted by atomic mass is 19.3. The molecule has 0 spiro atoms. The first-order chi connectivity index (χ1) is 11.0. The molecule has 8 heteroatoms. The Kier molecular flexibility index (Phi) is 4.31. The maximum atomic E-state index is 12.9. The van der Waals surface area contributed by atoms with Crippen molar-refractivity contribution in [2.45, 2.75) is 20.3 Å². The van der Waals surface area contributed by atoms with E-state index in [-0.39, 0.29) is 5.69 Å². The van der Waals surface area contributed by atoms with Crippen LogP contribution in [0, 0.1) is 13.8 Å². The summed E-state index contributed by atoms with van der Waals surface area (Å²) in [5, 5.41) is 0. The normalized spacial score (nSPS) is 15.3. The zero-order valence-electron chi connectivity index (χ0n) is 13.1. The number of alkyl halides is 2. The molecule has 0 unspecified atom stereocenters. The van der Waals surface area contributed by atoms with Crippen LogP contribution in [0.3, 0.4) is 0 Å². The van der Waals surface area contributed by atoms with E-state index < -0.39 is 6.43 Å². The minimum Gasteiger partial charge on any atom is -0.353 e. The smallest absolute Gasteiger partial charge is 0.280 e. The fourth-order valence-electron chi connectivity index (χ4n) is 2.57. The maximum absolute atomic E-state index is 12.9. The molecule has 0 radical (unpaired) electrons. The van der Waals surface area contributed by atoms with Crippen LogP contribution in [-0.2, 0) is 0 Å². The molecule has 1 aliphatic heterocycles. The molecule has 0 saturated carbocycles. The first kappa shape index (κ1) is 15.5. The Bertz CT molecular complexity index is 685. The summed E-state index contributed by atoms with van der Waals surface area (Å²) in [5.41, 5.74) is 0.697. The Morgan fingerprint density at radius 3 is 2.35 bits per heavy atom. The summed E-state index contributed by atoms with van der Waals surface area (Å²) in [6.45, 7) is 6.35. The molecule has 0 atom stereocenters. The third-order valence-corrected chi connectivity index (χ3v) is 3.74. The molecule has 0 aromatic carbocycles. The lowest BCUT2D eigenvalue weighted by atomic mass is 10.3. The highest BCUT2D eigenvalue weighted by Crippen LogP contribution is 2.22. The van der Waals surface area contributed by atoms with Crippen LogP contribution in [0.4, 0.5) is 20.5 Å². The summed E-state index contributed by atoms with van der Waals surface area (Å²) in [7, 11) is 0. The SMILES string of the molecule is Cc1ccnc(N2CCN(c3cc(C(F)F)nc(C)n3)CC2)n1. The van der Waals surface area contributed by atoms with Crippen molar-refractivity contribution in [2.75, 3.05) is 36.0 Å². The van der Waals surface area contributed by atoms with Crippen LogP contribution >= 0.6 is 0 Å². The Hall–Kier alpha value is -2.38. The fraction of sp³-hybridized carbons (Fsp3) is 0.467. The van der Waals surface area contributed by atoms with E-state index in [0.29, 0.717) is 30.7 Å². The zero-order valence-corrected chi connectivity index (χ0v) is 13.1. The van der Waals surface area contributed by atoms with E-state index >= 15 is 0 Å². The molecule has 2 aromatic heterocycles. The van der Waals surface area contributed by atoms with Crippen LogP contribution in [0.1, 0.15) is 23.6 Å². The van der Waals surface area contributed by atoms with Crippen molar-refractivity contribution in [1.82, 2.24) is 19.9 Å². The summed E-state index contributed by atoms with van der Waals surface area (Å²) in [4.78, 5) is 20.8. The van der Waals surface area contributed by atoms with Crippen molar-refractivity contribution in [1.29, 1.82) is 0 Å². The molecular formula is C15H18F2N6. The summed E-state index contributed by atoms with van der Waals surface area (Å²) < 4.78 is 25.8. The standard InChI is InChI=1S/C15H18F2N6/c1-10-3-4-18-15(19-10)23-7-5-22(6-8-23)13-9-12(14(16)17)20-11(2)21-13/h3-4,9,14H,5-8H2,1-2H3. The third kappa shape index (κ3) is 3.52. The molecule has 1 saturated heterocycles. The van der Waals surface area contributed by atoms with Crippen LogP contribution in [0.15, 0.2) is 18.3 Å². The van der Waals surface area contributed by atoms with Crippen molar-refractivity contribution in [3.05, 3.63) is 35.5 Å². The number of anilines is 2. The van der Waals surface area contributed by atoms with Crippen molar-refractivity contribution >= 4 is 11.8 Å². The van der Waals surface area contributed by atoms with Gasteiger partial charge in [-0.3, -0.25) is 0 Å². The van der Waals surface area contributed by atoms with Crippen molar-refractivity contribution in [3.8, 4) is 0 Å². The number of hydrogen-bond donors (Lipinski definition) is 0. The van der Waals surface area contributed by atoms with Gasteiger partial charge in [-0.05, 0) is 19.9 Å². The van der Waals surface area contributed by atoms with Gasteiger partial charge in [0.15, 0.2) is 0 Å². The summed E-state index contributed by atoms with van der Waals surface area (Å²) in [5.74, 6) is 1.62. The van der Waals surface area contributed by atoms with Crippen molar-refractivity contribution in [3.63, 3.8) is 0 Å². The molecule has 0 N–H and O–H groups in total. The van der Waals surface area contributed by atoms with E-state index in [1.165, 1.54) is 6.07 Å². The lowest BCUT2D eigenvalue weighted by Crippen LogP contribution is -2.47. The first-order valence-electron chi connectivity index (χ1n) is 7.46. The molecule has 0 amide bonds. The van der Waals surface area contributed by atoms with Gasteiger partial charge in [-0.25, -0.2) is 28.7 Å². The lowest BCUT2D eigenvalue weighted by Gasteiger charge is -2.35. The van der Waals surface area contributed by atoms with Gasteiger partial charge in [-0.1, -0.05) is 0 Å². The first-order valence-corrected chi connectivity index (χ1v) is 7.46. The molecular weight excluding hydrogens is 302 g/mol. The summed E-state index contributed by atoms with van der Waals surface area (Å²) in [6.07, 6.45) is -0.843. The number of piperazine rings is 1. The van der Waals surface area contributed by atoms with Gasteiger partial charge >= 0.3 is 0 Å². The van der Waals surface area contributed by atoms with E-state index in [9.17, 15) is 8.78 Å². The Morgan fingerprint density at radius 1 is 1.00 bits per heavy atom. The largest absolute Gasteiger partial charge is 0.353 e. The molecule has 1 aliphatic rings. The number of nitrogens with zero attached hydrogens (tertiary/aromatic N) is 6. The van der Waals surface area contributed by atoms with E-state index in [0.717, 1.165) is 18.8 Å². The van der Waals surface area contributed by atoms with Gasteiger partial charge in [-0.2, -0.15) is 0 Å². The highest BCUT2D eigenvalue weighted by molar-refractivity contribution is 5.43. The lowest BCUT2D eigenvalue weighted by molar-refractivity contribution is 0.145. The molecule has 1 fully saturated rings. The predicted molar refractivity (Wildman–Crippen MR) is 82.9 cm³/mol. The number of aryl methyl sites for hydroxylation is 2. The van der Waals surface area contributed by atoms with Gasteiger partial charge in [0.25, 0.3) is 6.43 Å². The van der Waals surface area contributed by atoms with Crippen LogP contribution in [0.2, 0.25) is 0 Å². The Morgan fingerprint density at radius 2 is 1.70 bits per heavy atom. The topological polar surface area (TPSA) is 58.0 Å². The van der Waals surface area contributed by atoms with Gasteiger partial charge < -0.3 is 9.80 Å². The van der Waals surface area contributed by atoms with Crippen molar-refractivity contribution in [2.24, 2.45) is 0 Å². The second-order valence-corrected chi connectivity index (χ2v) is 5.47. The summed E-state index contributed by atoms with van der Waals surface area (Å²) >= 11 is 0. The van der Waals surface area contributed by atoms with E-state index in [1.807, 2.05) is 17.9 Å². The van der Waals surface area contributed by atoms with Gasteiger partial charge in [0.05, 0.1) is 0 Å². The minimum absolute atomic E-state index is 0.225. The van der Waals surface area contributed by atoms with Crippen LogP contribution < -0.4 is 9.80 Å². The average molecular weight is 320 g/mol. The van der Waals surface area contributed by atoms with E-state index in [2.05, 4.69) is 24.8 Å². The number of aromatic nitrogens is 4. The van der Waals surface area contributed by atoms with Crippen LogP contribution in [-0.4, -0.2) is 46.1 Å². The van der Waals surface area contributed by atoms with Gasteiger partial charge in [0.2, 0.25) is 5.95 Å². The molecule has 0 aliphatic carbocycles. The molecule has 2 aromatic rings. The Balaban J connectivity index is 1.72. The highest BCUT2D eigenvalue weighted by Gasteiger charge is 2.22.